The first kappa shape index (κ1) is 17.4. The van der Waals surface area contributed by atoms with Gasteiger partial charge in [-0.25, -0.2) is 8.42 Å². The van der Waals surface area contributed by atoms with Crippen LogP contribution in [0.15, 0.2) is 53.4 Å². The summed E-state index contributed by atoms with van der Waals surface area (Å²) in [5.41, 5.74) is 1.11. The third kappa shape index (κ3) is 3.52. The first-order chi connectivity index (χ1) is 11.9. The van der Waals surface area contributed by atoms with E-state index in [0.29, 0.717) is 0 Å². The van der Waals surface area contributed by atoms with Crippen molar-refractivity contribution in [2.75, 3.05) is 26.2 Å². The molecule has 0 aliphatic carbocycles. The predicted molar refractivity (Wildman–Crippen MR) is 93.9 cm³/mol. The number of piperazine rings is 1. The van der Waals surface area contributed by atoms with Gasteiger partial charge in [0.2, 0.25) is 10.0 Å². The molecule has 1 fully saturated rings. The van der Waals surface area contributed by atoms with Crippen molar-refractivity contribution >= 4 is 15.9 Å². The normalized spacial score (nSPS) is 16.0. The Bertz CT molecular complexity index is 873. The summed E-state index contributed by atoms with van der Waals surface area (Å²) in [7, 11) is -3.54. The number of carbonyl (C=O) groups is 1. The molecule has 1 aliphatic rings. The summed E-state index contributed by atoms with van der Waals surface area (Å²) < 4.78 is 26.6. The maximum atomic E-state index is 12.6. The summed E-state index contributed by atoms with van der Waals surface area (Å²) in [5.74, 6) is -0.335. The summed E-state index contributed by atoms with van der Waals surface area (Å²) in [4.78, 5) is 14.4. The average Bonchev–Trinajstić information content (AvgIpc) is 2.62. The Labute approximate surface area is 147 Å². The van der Waals surface area contributed by atoms with Crippen molar-refractivity contribution in [3.05, 3.63) is 59.7 Å². The maximum absolute atomic E-state index is 12.6. The quantitative estimate of drug-likeness (QED) is 0.906. The van der Waals surface area contributed by atoms with Gasteiger partial charge < -0.3 is 10.0 Å². The van der Waals surface area contributed by atoms with Crippen molar-refractivity contribution in [3.63, 3.8) is 0 Å². The SMILES string of the molecule is Cc1ccc(C(=O)N2CCN(S(=O)(=O)c3ccccc3)CC2)c(O)c1. The molecular weight excluding hydrogens is 340 g/mol. The molecule has 0 spiro atoms. The van der Waals surface area contributed by atoms with Crippen LogP contribution < -0.4 is 0 Å². The summed E-state index contributed by atoms with van der Waals surface area (Å²) in [6, 6.07) is 13.2. The number of amides is 1. The summed E-state index contributed by atoms with van der Waals surface area (Å²) in [5, 5.41) is 9.97. The lowest BCUT2D eigenvalue weighted by Crippen LogP contribution is -2.50. The Kier molecular flexibility index (Phi) is 4.78. The second-order valence-corrected chi connectivity index (χ2v) is 7.97. The fourth-order valence-electron chi connectivity index (χ4n) is 2.87. The lowest BCUT2D eigenvalue weighted by Gasteiger charge is -2.34. The molecule has 0 atom stereocenters. The summed E-state index contributed by atoms with van der Waals surface area (Å²) >= 11 is 0. The van der Waals surface area contributed by atoms with Crippen molar-refractivity contribution in [3.8, 4) is 5.75 Å². The smallest absolute Gasteiger partial charge is 0.257 e. The zero-order valence-corrected chi connectivity index (χ0v) is 14.7. The number of carbonyl (C=O) groups excluding carboxylic acids is 1. The van der Waals surface area contributed by atoms with E-state index in [0.717, 1.165) is 5.56 Å². The van der Waals surface area contributed by atoms with E-state index in [4.69, 9.17) is 0 Å². The molecule has 1 N–H and O–H groups in total. The van der Waals surface area contributed by atoms with Crippen molar-refractivity contribution in [2.45, 2.75) is 11.8 Å². The van der Waals surface area contributed by atoms with Gasteiger partial charge in [0, 0.05) is 26.2 Å². The van der Waals surface area contributed by atoms with Crippen LogP contribution in [0.1, 0.15) is 15.9 Å². The van der Waals surface area contributed by atoms with E-state index in [-0.39, 0.29) is 48.3 Å². The van der Waals surface area contributed by atoms with Crippen molar-refractivity contribution in [1.82, 2.24) is 9.21 Å². The molecule has 132 valence electrons. The lowest BCUT2D eigenvalue weighted by atomic mass is 10.1. The van der Waals surface area contributed by atoms with Gasteiger partial charge in [0.25, 0.3) is 5.91 Å². The number of aromatic hydroxyl groups is 1. The van der Waals surface area contributed by atoms with Gasteiger partial charge in [-0.05, 0) is 36.8 Å². The number of benzene rings is 2. The molecule has 6 nitrogen and oxygen atoms in total. The van der Waals surface area contributed by atoms with Gasteiger partial charge in [0.15, 0.2) is 0 Å². The first-order valence-electron chi connectivity index (χ1n) is 8.03. The van der Waals surface area contributed by atoms with E-state index in [9.17, 15) is 18.3 Å². The third-order valence-corrected chi connectivity index (χ3v) is 6.20. The number of nitrogens with zero attached hydrogens (tertiary/aromatic N) is 2. The van der Waals surface area contributed by atoms with Crippen LogP contribution in [0.25, 0.3) is 0 Å². The Morgan fingerprint density at radius 2 is 1.64 bits per heavy atom. The number of sulfonamides is 1. The highest BCUT2D eigenvalue weighted by Crippen LogP contribution is 2.22. The van der Waals surface area contributed by atoms with Crippen molar-refractivity contribution < 1.29 is 18.3 Å². The fraction of sp³-hybridized carbons (Fsp3) is 0.278. The minimum atomic E-state index is -3.54. The van der Waals surface area contributed by atoms with E-state index in [1.165, 1.54) is 4.31 Å². The monoisotopic (exact) mass is 360 g/mol. The van der Waals surface area contributed by atoms with Crippen LogP contribution in [-0.4, -0.2) is 54.8 Å². The van der Waals surface area contributed by atoms with Crippen LogP contribution >= 0.6 is 0 Å². The molecule has 1 saturated heterocycles. The molecule has 0 bridgehead atoms. The zero-order valence-electron chi connectivity index (χ0n) is 13.9. The molecule has 0 unspecified atom stereocenters. The van der Waals surface area contributed by atoms with E-state index >= 15 is 0 Å². The van der Waals surface area contributed by atoms with E-state index in [1.54, 1.807) is 53.4 Å². The van der Waals surface area contributed by atoms with Gasteiger partial charge in [0.1, 0.15) is 5.75 Å². The number of hydrogen-bond donors (Lipinski definition) is 1. The molecular formula is C18H20N2O4S. The zero-order chi connectivity index (χ0) is 18.0. The average molecular weight is 360 g/mol. The number of rotatable bonds is 3. The van der Waals surface area contributed by atoms with E-state index in [2.05, 4.69) is 0 Å². The minimum Gasteiger partial charge on any atom is -0.507 e. The number of aryl methyl sites for hydroxylation is 1. The number of phenols is 1. The molecule has 7 heteroatoms. The highest BCUT2D eigenvalue weighted by Gasteiger charge is 2.30. The summed E-state index contributed by atoms with van der Waals surface area (Å²) in [6.45, 7) is 2.88. The fourth-order valence-corrected chi connectivity index (χ4v) is 4.31. The Morgan fingerprint density at radius 1 is 1.00 bits per heavy atom. The molecule has 3 rings (SSSR count). The summed E-state index contributed by atoms with van der Waals surface area (Å²) in [6.07, 6.45) is 0. The standard InChI is InChI=1S/C18H20N2O4S/c1-14-7-8-16(17(21)13-14)18(22)19-9-11-20(12-10-19)25(23,24)15-5-3-2-4-6-15/h2-8,13,21H,9-12H2,1H3. The van der Waals surface area contributed by atoms with Gasteiger partial charge in [-0.2, -0.15) is 4.31 Å². The van der Waals surface area contributed by atoms with Gasteiger partial charge in [-0.3, -0.25) is 4.79 Å². The van der Waals surface area contributed by atoms with Gasteiger partial charge in [0.05, 0.1) is 10.5 Å². The van der Waals surface area contributed by atoms with Gasteiger partial charge in [-0.1, -0.05) is 24.3 Å². The van der Waals surface area contributed by atoms with Crippen LogP contribution in [0, 0.1) is 6.92 Å². The molecule has 2 aromatic rings. The molecule has 1 aliphatic heterocycles. The molecule has 1 amide bonds. The molecule has 0 radical (unpaired) electrons. The van der Waals surface area contributed by atoms with Crippen molar-refractivity contribution in [2.24, 2.45) is 0 Å². The van der Waals surface area contributed by atoms with Crippen LogP contribution in [0.4, 0.5) is 0 Å². The molecule has 1 heterocycles. The molecule has 0 saturated carbocycles. The second kappa shape index (κ2) is 6.85. The highest BCUT2D eigenvalue weighted by atomic mass is 32.2. The minimum absolute atomic E-state index is 0.0515. The molecule has 0 aromatic heterocycles. The topological polar surface area (TPSA) is 77.9 Å². The van der Waals surface area contributed by atoms with E-state index in [1.807, 2.05) is 6.92 Å². The van der Waals surface area contributed by atoms with Gasteiger partial charge >= 0.3 is 0 Å². The Hall–Kier alpha value is -2.38. The lowest BCUT2D eigenvalue weighted by molar-refractivity contribution is 0.0695. The maximum Gasteiger partial charge on any atom is 0.257 e. The number of hydrogen-bond acceptors (Lipinski definition) is 4. The third-order valence-electron chi connectivity index (χ3n) is 4.29. The second-order valence-electron chi connectivity index (χ2n) is 6.03. The largest absolute Gasteiger partial charge is 0.507 e. The molecule has 25 heavy (non-hydrogen) atoms. The van der Waals surface area contributed by atoms with E-state index < -0.39 is 10.0 Å². The number of phenolic OH excluding ortho intramolecular Hbond substituents is 1. The van der Waals surface area contributed by atoms with Crippen LogP contribution in [0.5, 0.6) is 5.75 Å². The molecule has 2 aromatic carbocycles. The van der Waals surface area contributed by atoms with Crippen LogP contribution in [0.3, 0.4) is 0 Å². The van der Waals surface area contributed by atoms with Crippen LogP contribution in [-0.2, 0) is 10.0 Å². The highest BCUT2D eigenvalue weighted by molar-refractivity contribution is 7.89. The first-order valence-corrected chi connectivity index (χ1v) is 9.48. The predicted octanol–water partition coefficient (Wildman–Crippen LogP) is 1.85. The Morgan fingerprint density at radius 3 is 2.24 bits per heavy atom. The Balaban J connectivity index is 1.70. The van der Waals surface area contributed by atoms with Crippen molar-refractivity contribution in [1.29, 1.82) is 0 Å². The van der Waals surface area contributed by atoms with Gasteiger partial charge in [-0.15, -0.1) is 0 Å². The van der Waals surface area contributed by atoms with Crippen LogP contribution in [0.2, 0.25) is 0 Å².